The van der Waals surface area contributed by atoms with E-state index in [4.69, 9.17) is 27.2 Å². The maximum absolute atomic E-state index is 11.3. The first-order valence-corrected chi connectivity index (χ1v) is 5.29. The topological polar surface area (TPSA) is 72.5 Å². The number of nitrogens with two attached hydrogens (primary N) is 1. The van der Waals surface area contributed by atoms with Crippen molar-refractivity contribution in [1.29, 1.82) is 0 Å². The summed E-state index contributed by atoms with van der Waals surface area (Å²) in [5, 5.41) is 9.23. The molecule has 0 heterocycles. The van der Waals surface area contributed by atoms with Crippen LogP contribution < -0.4 is 5.73 Å². The minimum atomic E-state index is -0.766. The second kappa shape index (κ2) is 6.48. The number of halogens is 1. The van der Waals surface area contributed by atoms with Gasteiger partial charge in [0.25, 0.3) is 0 Å². The smallest absolute Gasteiger partial charge is 0.323 e. The molecule has 0 radical (unpaired) electrons. The van der Waals surface area contributed by atoms with Gasteiger partial charge in [0.05, 0.1) is 0 Å². The number of carbonyl (C=O) groups is 1. The first-order valence-electron chi connectivity index (χ1n) is 4.91. The van der Waals surface area contributed by atoms with E-state index in [1.807, 2.05) is 0 Å². The average molecular weight is 244 g/mol. The zero-order valence-corrected chi connectivity index (χ0v) is 9.48. The van der Waals surface area contributed by atoms with Gasteiger partial charge in [-0.2, -0.15) is 0 Å². The van der Waals surface area contributed by atoms with Gasteiger partial charge in [0.2, 0.25) is 0 Å². The molecule has 1 aromatic carbocycles. The standard InChI is InChI=1S/C11H14ClNO3/c12-9-3-1-8(2-4-9)7-16-11(15)10(13)5-6-14/h1-4,10,14H,5-7,13H2. The zero-order chi connectivity index (χ0) is 12.0. The van der Waals surface area contributed by atoms with E-state index in [0.29, 0.717) is 5.02 Å². The Morgan fingerprint density at radius 1 is 1.44 bits per heavy atom. The van der Waals surface area contributed by atoms with Crippen molar-refractivity contribution in [3.8, 4) is 0 Å². The number of aliphatic hydroxyl groups is 1. The van der Waals surface area contributed by atoms with Crippen molar-refractivity contribution in [2.24, 2.45) is 5.73 Å². The lowest BCUT2D eigenvalue weighted by Gasteiger charge is -2.10. The van der Waals surface area contributed by atoms with Crippen LogP contribution in [0.25, 0.3) is 0 Å². The molecule has 1 unspecified atom stereocenters. The molecule has 0 aliphatic carbocycles. The van der Waals surface area contributed by atoms with Gasteiger partial charge in [0, 0.05) is 11.6 Å². The molecule has 5 heteroatoms. The van der Waals surface area contributed by atoms with Gasteiger partial charge in [0.15, 0.2) is 0 Å². The third kappa shape index (κ3) is 4.18. The molecule has 16 heavy (non-hydrogen) atoms. The van der Waals surface area contributed by atoms with Crippen molar-refractivity contribution in [3.05, 3.63) is 34.9 Å². The summed E-state index contributed by atoms with van der Waals surface area (Å²) in [6, 6.07) is 6.22. The van der Waals surface area contributed by atoms with Crippen molar-refractivity contribution in [2.45, 2.75) is 19.1 Å². The van der Waals surface area contributed by atoms with Crippen LogP contribution in [-0.4, -0.2) is 23.7 Å². The van der Waals surface area contributed by atoms with E-state index < -0.39 is 12.0 Å². The molecule has 0 spiro atoms. The number of carbonyl (C=O) groups excluding carboxylic acids is 1. The van der Waals surface area contributed by atoms with Gasteiger partial charge in [-0.1, -0.05) is 23.7 Å². The second-order valence-electron chi connectivity index (χ2n) is 3.35. The monoisotopic (exact) mass is 243 g/mol. The highest BCUT2D eigenvalue weighted by Gasteiger charge is 2.13. The van der Waals surface area contributed by atoms with Crippen LogP contribution in [0.5, 0.6) is 0 Å². The van der Waals surface area contributed by atoms with Crippen LogP contribution in [0.15, 0.2) is 24.3 Å². The average Bonchev–Trinajstić information content (AvgIpc) is 2.28. The zero-order valence-electron chi connectivity index (χ0n) is 8.73. The number of hydrogen-bond donors (Lipinski definition) is 2. The van der Waals surface area contributed by atoms with E-state index in [1.54, 1.807) is 24.3 Å². The first kappa shape index (κ1) is 13.0. The minimum Gasteiger partial charge on any atom is -0.460 e. The summed E-state index contributed by atoms with van der Waals surface area (Å²) < 4.78 is 4.96. The number of rotatable bonds is 5. The fourth-order valence-electron chi connectivity index (χ4n) is 1.10. The van der Waals surface area contributed by atoms with Crippen LogP contribution >= 0.6 is 11.6 Å². The Kier molecular flexibility index (Phi) is 5.25. The maximum atomic E-state index is 11.3. The fraction of sp³-hybridized carbons (Fsp3) is 0.364. The van der Waals surface area contributed by atoms with Gasteiger partial charge in [-0.05, 0) is 24.1 Å². The van der Waals surface area contributed by atoms with E-state index in [9.17, 15) is 4.79 Å². The molecule has 0 saturated heterocycles. The highest BCUT2D eigenvalue weighted by atomic mass is 35.5. The number of ether oxygens (including phenoxy) is 1. The Bertz CT molecular complexity index is 340. The van der Waals surface area contributed by atoms with Crippen molar-refractivity contribution in [3.63, 3.8) is 0 Å². The number of hydrogen-bond acceptors (Lipinski definition) is 4. The van der Waals surface area contributed by atoms with Gasteiger partial charge < -0.3 is 15.6 Å². The third-order valence-corrected chi connectivity index (χ3v) is 2.29. The Balaban J connectivity index is 2.39. The molecule has 88 valence electrons. The highest BCUT2D eigenvalue weighted by molar-refractivity contribution is 6.30. The largest absolute Gasteiger partial charge is 0.460 e. The Labute approximate surface area is 99.0 Å². The predicted octanol–water partition coefficient (Wildman–Crippen LogP) is 1.09. The molecule has 0 aliphatic heterocycles. The van der Waals surface area contributed by atoms with Crippen molar-refractivity contribution in [1.82, 2.24) is 0 Å². The van der Waals surface area contributed by atoms with Crippen LogP contribution in [0.1, 0.15) is 12.0 Å². The second-order valence-corrected chi connectivity index (χ2v) is 3.79. The van der Waals surface area contributed by atoms with Crippen LogP contribution in [-0.2, 0) is 16.1 Å². The SMILES string of the molecule is NC(CCO)C(=O)OCc1ccc(Cl)cc1. The number of benzene rings is 1. The summed E-state index contributed by atoms with van der Waals surface area (Å²) in [5.74, 6) is -0.510. The fourth-order valence-corrected chi connectivity index (χ4v) is 1.23. The summed E-state index contributed by atoms with van der Waals surface area (Å²) in [4.78, 5) is 11.3. The van der Waals surface area contributed by atoms with Crippen LogP contribution in [0.2, 0.25) is 5.02 Å². The molecule has 0 fully saturated rings. The molecule has 3 N–H and O–H groups in total. The van der Waals surface area contributed by atoms with Crippen LogP contribution in [0.4, 0.5) is 0 Å². The molecular formula is C11H14ClNO3. The van der Waals surface area contributed by atoms with Crippen molar-refractivity contribution >= 4 is 17.6 Å². The molecule has 0 aliphatic rings. The van der Waals surface area contributed by atoms with Crippen LogP contribution in [0, 0.1) is 0 Å². The molecule has 1 atom stereocenters. The summed E-state index contributed by atoms with van der Waals surface area (Å²) in [7, 11) is 0. The highest BCUT2D eigenvalue weighted by Crippen LogP contribution is 2.10. The van der Waals surface area contributed by atoms with Gasteiger partial charge in [-0.3, -0.25) is 4.79 Å². The molecule has 0 bridgehead atoms. The van der Waals surface area contributed by atoms with Gasteiger partial charge in [-0.25, -0.2) is 0 Å². The quantitative estimate of drug-likeness (QED) is 0.760. The van der Waals surface area contributed by atoms with E-state index in [2.05, 4.69) is 0 Å². The van der Waals surface area contributed by atoms with Gasteiger partial charge >= 0.3 is 5.97 Å². The lowest BCUT2D eigenvalue weighted by molar-refractivity contribution is -0.146. The molecule has 0 aromatic heterocycles. The van der Waals surface area contributed by atoms with Crippen molar-refractivity contribution in [2.75, 3.05) is 6.61 Å². The Morgan fingerprint density at radius 2 is 2.06 bits per heavy atom. The lowest BCUT2D eigenvalue weighted by Crippen LogP contribution is -2.33. The van der Waals surface area contributed by atoms with E-state index in [0.717, 1.165) is 5.56 Å². The Morgan fingerprint density at radius 3 is 2.62 bits per heavy atom. The molecule has 0 saturated carbocycles. The number of esters is 1. The lowest BCUT2D eigenvalue weighted by atomic mass is 10.2. The molecule has 1 aromatic rings. The minimum absolute atomic E-state index is 0.128. The summed E-state index contributed by atoms with van der Waals surface area (Å²) in [5.41, 5.74) is 6.30. The van der Waals surface area contributed by atoms with E-state index >= 15 is 0 Å². The molecule has 1 rings (SSSR count). The Hall–Kier alpha value is -1.10. The molecular weight excluding hydrogens is 230 g/mol. The third-order valence-electron chi connectivity index (χ3n) is 2.04. The normalized spacial score (nSPS) is 12.2. The summed E-state index contributed by atoms with van der Waals surface area (Å²) in [6.07, 6.45) is 0.208. The summed E-state index contributed by atoms with van der Waals surface area (Å²) in [6.45, 7) is 0.0341. The summed E-state index contributed by atoms with van der Waals surface area (Å²) >= 11 is 5.71. The van der Waals surface area contributed by atoms with E-state index in [1.165, 1.54) is 0 Å². The maximum Gasteiger partial charge on any atom is 0.323 e. The van der Waals surface area contributed by atoms with Gasteiger partial charge in [-0.15, -0.1) is 0 Å². The molecule has 4 nitrogen and oxygen atoms in total. The van der Waals surface area contributed by atoms with Crippen molar-refractivity contribution < 1.29 is 14.6 Å². The van der Waals surface area contributed by atoms with Crippen LogP contribution in [0.3, 0.4) is 0 Å². The van der Waals surface area contributed by atoms with Gasteiger partial charge in [0.1, 0.15) is 12.6 Å². The van der Waals surface area contributed by atoms with E-state index in [-0.39, 0.29) is 19.6 Å². The number of aliphatic hydroxyl groups excluding tert-OH is 1. The molecule has 0 amide bonds. The first-order chi connectivity index (χ1) is 7.63. The predicted molar refractivity (Wildman–Crippen MR) is 60.9 cm³/mol.